The molecule has 4 heterocycles. The van der Waals surface area contributed by atoms with Gasteiger partial charge in [0.15, 0.2) is 0 Å². The number of amides is 1. The molecule has 0 N–H and O–H groups in total. The Morgan fingerprint density at radius 2 is 2.07 bits per heavy atom. The molecule has 1 aliphatic carbocycles. The van der Waals surface area contributed by atoms with Crippen molar-refractivity contribution in [2.75, 3.05) is 26.7 Å². The van der Waals surface area contributed by atoms with Crippen LogP contribution in [-0.2, 0) is 18.5 Å². The average Bonchev–Trinajstić information content (AvgIpc) is 3.38. The third kappa shape index (κ3) is 3.16. The van der Waals surface area contributed by atoms with Gasteiger partial charge in [-0.1, -0.05) is 6.07 Å². The first-order valence-corrected chi connectivity index (χ1v) is 10.1. The number of hydrogen-bond acceptors (Lipinski definition) is 4. The van der Waals surface area contributed by atoms with Gasteiger partial charge < -0.3 is 4.90 Å². The summed E-state index contributed by atoms with van der Waals surface area (Å²) in [4.78, 5) is 21.4. The molecule has 0 unspecified atom stereocenters. The summed E-state index contributed by atoms with van der Waals surface area (Å²) in [6.07, 6.45) is 10.5. The minimum atomic E-state index is 0.0121. The Morgan fingerprint density at radius 3 is 2.78 bits per heavy atom. The molecule has 1 amide bonds. The minimum absolute atomic E-state index is 0.0121. The second kappa shape index (κ2) is 6.44. The molecule has 1 saturated heterocycles. The number of rotatable bonds is 4. The normalized spacial score (nSPS) is 22.3. The van der Waals surface area contributed by atoms with Crippen molar-refractivity contribution in [3.05, 3.63) is 47.5 Å². The highest BCUT2D eigenvalue weighted by molar-refractivity contribution is 5.96. The highest BCUT2D eigenvalue weighted by Gasteiger charge is 2.46. The van der Waals surface area contributed by atoms with E-state index in [1.165, 1.54) is 18.4 Å². The Labute approximate surface area is 160 Å². The monoisotopic (exact) mass is 365 g/mol. The van der Waals surface area contributed by atoms with E-state index in [0.717, 1.165) is 62.7 Å². The first kappa shape index (κ1) is 16.9. The van der Waals surface area contributed by atoms with Crippen LogP contribution in [0.15, 0.2) is 30.7 Å². The summed E-state index contributed by atoms with van der Waals surface area (Å²) >= 11 is 0. The number of pyridine rings is 1. The SMILES string of the molecule is CN1CC2(CCN(Cc3cccnc3)CC2)c2nn(CC3CC3)cc2C1=O. The smallest absolute Gasteiger partial charge is 0.257 e. The second-order valence-corrected chi connectivity index (χ2v) is 8.64. The maximum atomic E-state index is 12.7. The molecule has 142 valence electrons. The van der Waals surface area contributed by atoms with E-state index < -0.39 is 0 Å². The van der Waals surface area contributed by atoms with Crippen molar-refractivity contribution >= 4 is 5.91 Å². The number of fused-ring (bicyclic) bond motifs is 2. The third-order valence-electron chi connectivity index (χ3n) is 6.47. The molecule has 0 atom stereocenters. The van der Waals surface area contributed by atoms with E-state index in [0.29, 0.717) is 0 Å². The van der Waals surface area contributed by atoms with Crippen LogP contribution in [0.25, 0.3) is 0 Å². The Kier molecular flexibility index (Phi) is 4.04. The van der Waals surface area contributed by atoms with Crippen LogP contribution in [0, 0.1) is 5.92 Å². The zero-order chi connectivity index (χ0) is 18.4. The fraction of sp³-hybridized carbons (Fsp3) is 0.571. The van der Waals surface area contributed by atoms with E-state index in [1.807, 2.05) is 41.3 Å². The number of likely N-dealkylation sites (N-methyl/N-ethyl adjacent to an activating group) is 1. The van der Waals surface area contributed by atoms with Crippen molar-refractivity contribution in [2.45, 2.75) is 44.2 Å². The van der Waals surface area contributed by atoms with Crippen LogP contribution >= 0.6 is 0 Å². The number of piperidine rings is 1. The Bertz CT molecular complexity index is 834. The number of likely N-dealkylation sites (tertiary alicyclic amines) is 1. The molecule has 6 heteroatoms. The quantitative estimate of drug-likeness (QED) is 0.834. The molecule has 1 spiro atoms. The predicted molar refractivity (Wildman–Crippen MR) is 102 cm³/mol. The van der Waals surface area contributed by atoms with E-state index in [4.69, 9.17) is 5.10 Å². The van der Waals surface area contributed by atoms with Crippen LogP contribution in [0.1, 0.15) is 47.3 Å². The fourth-order valence-corrected chi connectivity index (χ4v) is 4.72. The summed E-state index contributed by atoms with van der Waals surface area (Å²) < 4.78 is 2.04. The van der Waals surface area contributed by atoms with Gasteiger partial charge in [0, 0.05) is 50.7 Å². The topological polar surface area (TPSA) is 54.3 Å². The number of carbonyl (C=O) groups excluding carboxylic acids is 1. The van der Waals surface area contributed by atoms with Crippen LogP contribution in [0.5, 0.6) is 0 Å². The van der Waals surface area contributed by atoms with Crippen LogP contribution in [0.3, 0.4) is 0 Å². The zero-order valence-corrected chi connectivity index (χ0v) is 16.0. The van der Waals surface area contributed by atoms with Gasteiger partial charge in [-0.05, 0) is 56.3 Å². The summed E-state index contributed by atoms with van der Waals surface area (Å²) in [7, 11) is 1.94. The summed E-state index contributed by atoms with van der Waals surface area (Å²) in [5.41, 5.74) is 3.18. The minimum Gasteiger partial charge on any atom is -0.341 e. The maximum absolute atomic E-state index is 12.7. The van der Waals surface area contributed by atoms with E-state index in [-0.39, 0.29) is 11.3 Å². The van der Waals surface area contributed by atoms with Crippen LogP contribution in [0.4, 0.5) is 0 Å². The van der Waals surface area contributed by atoms with Gasteiger partial charge in [0.05, 0.1) is 11.3 Å². The van der Waals surface area contributed by atoms with Gasteiger partial charge in [-0.3, -0.25) is 19.4 Å². The van der Waals surface area contributed by atoms with Gasteiger partial charge in [0.2, 0.25) is 0 Å². The highest BCUT2D eigenvalue weighted by Crippen LogP contribution is 2.41. The predicted octanol–water partition coefficient (Wildman–Crippen LogP) is 2.31. The lowest BCUT2D eigenvalue weighted by Crippen LogP contribution is -2.53. The van der Waals surface area contributed by atoms with Crippen molar-refractivity contribution in [3.8, 4) is 0 Å². The lowest BCUT2D eigenvalue weighted by Gasteiger charge is -2.45. The lowest BCUT2D eigenvalue weighted by atomic mass is 9.72. The zero-order valence-electron chi connectivity index (χ0n) is 16.0. The van der Waals surface area contributed by atoms with Gasteiger partial charge in [-0.2, -0.15) is 5.10 Å². The number of carbonyl (C=O) groups is 1. The molecule has 2 fully saturated rings. The number of hydrogen-bond donors (Lipinski definition) is 0. The average molecular weight is 365 g/mol. The van der Waals surface area contributed by atoms with Gasteiger partial charge in [-0.15, -0.1) is 0 Å². The van der Waals surface area contributed by atoms with Gasteiger partial charge in [-0.25, -0.2) is 0 Å². The molecule has 27 heavy (non-hydrogen) atoms. The summed E-state index contributed by atoms with van der Waals surface area (Å²) in [5.74, 6) is 0.895. The van der Waals surface area contributed by atoms with Crippen molar-refractivity contribution in [1.29, 1.82) is 0 Å². The van der Waals surface area contributed by atoms with Crippen molar-refractivity contribution < 1.29 is 4.79 Å². The third-order valence-corrected chi connectivity index (χ3v) is 6.47. The Balaban J connectivity index is 1.36. The van der Waals surface area contributed by atoms with Crippen molar-refractivity contribution in [3.63, 3.8) is 0 Å². The molecular weight excluding hydrogens is 338 g/mol. The van der Waals surface area contributed by atoms with Crippen LogP contribution in [-0.4, -0.2) is 57.2 Å². The van der Waals surface area contributed by atoms with Crippen molar-refractivity contribution in [2.24, 2.45) is 5.92 Å². The number of aromatic nitrogens is 3. The highest BCUT2D eigenvalue weighted by atomic mass is 16.2. The Morgan fingerprint density at radius 1 is 1.26 bits per heavy atom. The van der Waals surface area contributed by atoms with Gasteiger partial charge in [0.25, 0.3) is 5.91 Å². The largest absolute Gasteiger partial charge is 0.341 e. The van der Waals surface area contributed by atoms with E-state index in [9.17, 15) is 4.79 Å². The standard InChI is InChI=1S/C21H27N5O/c1-24-15-21(6-9-25(10-7-21)12-17-3-2-8-22-11-17)19-18(20(24)27)14-26(23-19)13-16-4-5-16/h2-3,8,11,14,16H,4-7,9-10,12-13,15H2,1H3. The lowest BCUT2D eigenvalue weighted by molar-refractivity contribution is 0.0628. The van der Waals surface area contributed by atoms with Crippen LogP contribution in [0.2, 0.25) is 0 Å². The van der Waals surface area contributed by atoms with Gasteiger partial charge in [0.1, 0.15) is 0 Å². The fourth-order valence-electron chi connectivity index (χ4n) is 4.72. The molecule has 2 aromatic rings. The molecule has 0 aromatic carbocycles. The summed E-state index contributed by atoms with van der Waals surface area (Å²) in [5, 5.41) is 4.94. The van der Waals surface area contributed by atoms with Crippen molar-refractivity contribution in [1.82, 2.24) is 24.6 Å². The van der Waals surface area contributed by atoms with E-state index in [2.05, 4.69) is 16.0 Å². The Hall–Kier alpha value is -2.21. The first-order chi connectivity index (χ1) is 13.1. The second-order valence-electron chi connectivity index (χ2n) is 8.64. The summed E-state index contributed by atoms with van der Waals surface area (Å²) in [6, 6.07) is 4.14. The summed E-state index contributed by atoms with van der Waals surface area (Å²) in [6.45, 7) is 4.77. The van der Waals surface area contributed by atoms with E-state index in [1.54, 1.807) is 0 Å². The molecule has 2 aromatic heterocycles. The molecular formula is C21H27N5O. The van der Waals surface area contributed by atoms with Crippen LogP contribution < -0.4 is 0 Å². The molecule has 0 radical (unpaired) electrons. The molecule has 2 aliphatic heterocycles. The van der Waals surface area contributed by atoms with Gasteiger partial charge >= 0.3 is 0 Å². The maximum Gasteiger partial charge on any atom is 0.257 e. The first-order valence-electron chi connectivity index (χ1n) is 10.1. The molecule has 1 saturated carbocycles. The molecule has 5 rings (SSSR count). The molecule has 6 nitrogen and oxygen atoms in total. The molecule has 0 bridgehead atoms. The number of nitrogens with zero attached hydrogens (tertiary/aromatic N) is 5. The molecule has 3 aliphatic rings. The van der Waals surface area contributed by atoms with E-state index >= 15 is 0 Å².